The lowest BCUT2D eigenvalue weighted by atomic mass is 10.1. The van der Waals surface area contributed by atoms with Crippen LogP contribution in [0.25, 0.3) is 0 Å². The fourth-order valence-electron chi connectivity index (χ4n) is 0.655. The van der Waals surface area contributed by atoms with E-state index in [1.807, 2.05) is 0 Å². The molecule has 0 aliphatic carbocycles. The third kappa shape index (κ3) is 11.1. The van der Waals surface area contributed by atoms with E-state index < -0.39 is 18.2 Å². The van der Waals surface area contributed by atoms with E-state index in [-0.39, 0.29) is 43.7 Å². The van der Waals surface area contributed by atoms with Crippen molar-refractivity contribution < 1.29 is 14.3 Å². The molecule has 2 atom stereocenters. The Balaban J connectivity index is -0.000000720. The maximum absolute atomic E-state index is 12.8. The third-order valence-corrected chi connectivity index (χ3v) is 1.30. The highest BCUT2D eigenvalue weighted by atomic mass is 35.5. The number of carbonyl (C=O) groups is 1. The number of carboxylic acids is 1. The molecule has 0 unspecified atom stereocenters. The van der Waals surface area contributed by atoms with Crippen LogP contribution in [0.5, 0.6) is 0 Å². The highest BCUT2D eigenvalue weighted by Crippen LogP contribution is 2.01. The van der Waals surface area contributed by atoms with Gasteiger partial charge in [-0.05, 0) is 0 Å². The number of halogens is 3. The maximum Gasteiger partial charge on any atom is 0.320 e. The SMILES string of the molecule is Cl.Cl.NC(N)=NC[C@@H](F)C[C@H](N)C(=O)O. The van der Waals surface area contributed by atoms with Crippen LogP contribution in [0.4, 0.5) is 4.39 Å². The van der Waals surface area contributed by atoms with Crippen molar-refractivity contribution in [2.75, 3.05) is 6.54 Å². The predicted octanol–water partition coefficient (Wildman–Crippen LogP) is -0.757. The van der Waals surface area contributed by atoms with Gasteiger partial charge in [0.25, 0.3) is 0 Å². The summed E-state index contributed by atoms with van der Waals surface area (Å²) in [6.07, 6.45) is -1.74. The van der Waals surface area contributed by atoms with Crippen LogP contribution in [0.1, 0.15) is 6.42 Å². The van der Waals surface area contributed by atoms with Crippen molar-refractivity contribution >= 4 is 36.7 Å². The number of aliphatic carboxylic acids is 1. The van der Waals surface area contributed by atoms with Gasteiger partial charge in [-0.3, -0.25) is 9.79 Å². The second-order valence-electron chi connectivity index (χ2n) is 2.54. The number of guanidine groups is 1. The molecule has 0 aromatic carbocycles. The van der Waals surface area contributed by atoms with Gasteiger partial charge < -0.3 is 22.3 Å². The van der Waals surface area contributed by atoms with Gasteiger partial charge in [-0.25, -0.2) is 4.39 Å². The average molecular weight is 265 g/mol. The molecule has 0 amide bonds. The number of aliphatic imine (C=N–C) groups is 1. The lowest BCUT2D eigenvalue weighted by Gasteiger charge is -2.08. The third-order valence-electron chi connectivity index (χ3n) is 1.30. The number of rotatable bonds is 5. The first-order chi connectivity index (χ1) is 5.93. The van der Waals surface area contributed by atoms with Crippen LogP contribution < -0.4 is 17.2 Å². The summed E-state index contributed by atoms with van der Waals surface area (Å²) in [6.45, 7) is -0.261. The van der Waals surface area contributed by atoms with Crippen LogP contribution in [0.15, 0.2) is 4.99 Å². The van der Waals surface area contributed by atoms with Gasteiger partial charge in [0, 0.05) is 6.42 Å². The van der Waals surface area contributed by atoms with E-state index in [0.29, 0.717) is 0 Å². The van der Waals surface area contributed by atoms with E-state index >= 15 is 0 Å². The van der Waals surface area contributed by atoms with E-state index in [1.165, 1.54) is 0 Å². The van der Waals surface area contributed by atoms with Crippen LogP contribution in [0.3, 0.4) is 0 Å². The summed E-state index contributed by atoms with van der Waals surface area (Å²) in [5, 5.41) is 8.33. The minimum atomic E-state index is -1.44. The molecule has 7 N–H and O–H groups in total. The van der Waals surface area contributed by atoms with Crippen molar-refractivity contribution in [2.24, 2.45) is 22.2 Å². The standard InChI is InChI=1S/C6H13FN4O2.2ClH/c7-3(2-11-6(9)10)1-4(8)5(12)13;;/h3-4H,1-2,8H2,(H,12,13)(H4,9,10,11);2*1H/t3-,4-;;/m0../s1. The second-order valence-corrected chi connectivity index (χ2v) is 2.54. The molecule has 0 saturated heterocycles. The molecule has 6 nitrogen and oxygen atoms in total. The summed E-state index contributed by atoms with van der Waals surface area (Å²) in [4.78, 5) is 13.6. The Kier molecular flexibility index (Phi) is 12.8. The van der Waals surface area contributed by atoms with Crippen molar-refractivity contribution in [2.45, 2.75) is 18.6 Å². The van der Waals surface area contributed by atoms with Gasteiger partial charge in [-0.1, -0.05) is 0 Å². The minimum absolute atomic E-state index is 0. The zero-order chi connectivity index (χ0) is 10.4. The Morgan fingerprint density at radius 3 is 2.20 bits per heavy atom. The lowest BCUT2D eigenvalue weighted by Crippen LogP contribution is -2.34. The summed E-state index contributed by atoms with van der Waals surface area (Å²) >= 11 is 0. The Morgan fingerprint density at radius 1 is 1.40 bits per heavy atom. The van der Waals surface area contributed by atoms with Crippen LogP contribution in [0, 0.1) is 0 Å². The normalized spacial score (nSPS) is 12.7. The van der Waals surface area contributed by atoms with E-state index in [1.54, 1.807) is 0 Å². The molecule has 0 fully saturated rings. The number of hydrogen-bond donors (Lipinski definition) is 4. The molecule has 0 saturated carbocycles. The summed E-state index contributed by atoms with van der Waals surface area (Å²) in [7, 11) is 0. The summed E-state index contributed by atoms with van der Waals surface area (Å²) in [5.41, 5.74) is 15.0. The van der Waals surface area contributed by atoms with Gasteiger partial charge in [0.2, 0.25) is 0 Å². The molecule has 0 bridgehead atoms. The van der Waals surface area contributed by atoms with Crippen LogP contribution >= 0.6 is 24.8 Å². The Bertz CT molecular complexity index is 213. The lowest BCUT2D eigenvalue weighted by molar-refractivity contribution is -0.139. The highest BCUT2D eigenvalue weighted by Gasteiger charge is 2.17. The molecule has 0 spiro atoms. The van der Waals surface area contributed by atoms with E-state index in [9.17, 15) is 9.18 Å². The topological polar surface area (TPSA) is 128 Å². The van der Waals surface area contributed by atoms with Crippen LogP contribution in [-0.2, 0) is 4.79 Å². The quantitative estimate of drug-likeness (QED) is 0.384. The first-order valence-electron chi connectivity index (χ1n) is 3.61. The van der Waals surface area contributed by atoms with E-state index in [0.717, 1.165) is 0 Å². The van der Waals surface area contributed by atoms with E-state index in [4.69, 9.17) is 22.3 Å². The molecule has 0 rings (SSSR count). The zero-order valence-corrected chi connectivity index (χ0v) is 9.43. The molecular formula is C6H15Cl2FN4O2. The van der Waals surface area contributed by atoms with Crippen molar-refractivity contribution in [3.8, 4) is 0 Å². The summed E-state index contributed by atoms with van der Waals surface area (Å²) < 4.78 is 12.8. The van der Waals surface area contributed by atoms with Gasteiger partial charge in [0.05, 0.1) is 6.54 Å². The second kappa shape index (κ2) is 9.75. The summed E-state index contributed by atoms with van der Waals surface area (Å²) in [6, 6.07) is -1.22. The molecule has 15 heavy (non-hydrogen) atoms. The van der Waals surface area contributed by atoms with Crippen molar-refractivity contribution in [3.05, 3.63) is 0 Å². The number of nitrogens with two attached hydrogens (primary N) is 3. The van der Waals surface area contributed by atoms with Crippen LogP contribution in [-0.4, -0.2) is 35.8 Å². The highest BCUT2D eigenvalue weighted by molar-refractivity contribution is 5.85. The zero-order valence-electron chi connectivity index (χ0n) is 7.80. The monoisotopic (exact) mass is 264 g/mol. The molecule has 0 aromatic heterocycles. The largest absolute Gasteiger partial charge is 0.480 e. The van der Waals surface area contributed by atoms with Crippen molar-refractivity contribution in [3.63, 3.8) is 0 Å². The molecule has 0 aliphatic rings. The molecule has 0 aromatic rings. The molecule has 0 radical (unpaired) electrons. The fraction of sp³-hybridized carbons (Fsp3) is 0.667. The van der Waals surface area contributed by atoms with Crippen molar-refractivity contribution in [1.29, 1.82) is 0 Å². The first-order valence-corrected chi connectivity index (χ1v) is 3.61. The molecule has 0 aliphatic heterocycles. The molecule has 9 heteroatoms. The van der Waals surface area contributed by atoms with E-state index in [2.05, 4.69) is 4.99 Å². The predicted molar refractivity (Wildman–Crippen MR) is 60.3 cm³/mol. The molecule has 92 valence electrons. The number of carboxylic acid groups (broad SMARTS) is 1. The van der Waals surface area contributed by atoms with Crippen LogP contribution in [0.2, 0.25) is 0 Å². The Hall–Kier alpha value is -0.790. The summed E-state index contributed by atoms with van der Waals surface area (Å²) in [5.74, 6) is -1.47. The number of alkyl halides is 1. The Morgan fingerprint density at radius 2 is 1.87 bits per heavy atom. The molecule has 0 heterocycles. The smallest absolute Gasteiger partial charge is 0.320 e. The molecular weight excluding hydrogens is 250 g/mol. The van der Waals surface area contributed by atoms with Gasteiger partial charge in [-0.2, -0.15) is 0 Å². The maximum atomic E-state index is 12.8. The van der Waals surface area contributed by atoms with Crippen molar-refractivity contribution in [1.82, 2.24) is 0 Å². The van der Waals surface area contributed by atoms with Gasteiger partial charge in [0.1, 0.15) is 12.2 Å². The number of hydrogen-bond acceptors (Lipinski definition) is 3. The van der Waals surface area contributed by atoms with Gasteiger partial charge in [-0.15, -0.1) is 24.8 Å². The van der Waals surface area contributed by atoms with Gasteiger partial charge in [0.15, 0.2) is 5.96 Å². The van der Waals surface area contributed by atoms with Gasteiger partial charge >= 0.3 is 5.97 Å². The first kappa shape index (κ1) is 19.7. The number of nitrogens with zero attached hydrogens (tertiary/aromatic N) is 1. The average Bonchev–Trinajstić information content (AvgIpc) is 2.00. The Labute approximate surface area is 98.9 Å². The minimum Gasteiger partial charge on any atom is -0.480 e. The fourth-order valence-corrected chi connectivity index (χ4v) is 0.655.